The lowest BCUT2D eigenvalue weighted by Gasteiger charge is -2.02. The average molecular weight is 279 g/mol. The predicted molar refractivity (Wildman–Crippen MR) is 75.4 cm³/mol. The van der Waals surface area contributed by atoms with Crippen LogP contribution in [0.1, 0.15) is 17.5 Å². The van der Waals surface area contributed by atoms with Crippen molar-refractivity contribution in [1.29, 1.82) is 0 Å². The van der Waals surface area contributed by atoms with E-state index in [2.05, 4.69) is 15.5 Å². The van der Waals surface area contributed by atoms with E-state index in [1.54, 1.807) is 0 Å². The summed E-state index contributed by atoms with van der Waals surface area (Å²) in [7, 11) is 0. The van der Waals surface area contributed by atoms with Crippen LogP contribution in [0, 0.1) is 10.9 Å². The molecule has 0 fully saturated rings. The van der Waals surface area contributed by atoms with Gasteiger partial charge in [-0.1, -0.05) is 41.2 Å². The molecule has 2 N–H and O–H groups in total. The van der Waals surface area contributed by atoms with Crippen molar-refractivity contribution in [2.45, 2.75) is 19.8 Å². The van der Waals surface area contributed by atoms with Crippen LogP contribution in [-0.2, 0) is 11.2 Å². The Morgan fingerprint density at radius 3 is 2.78 bits per heavy atom. The molecule has 2 rings (SSSR count). The van der Waals surface area contributed by atoms with Crippen molar-refractivity contribution in [3.05, 3.63) is 39.3 Å². The molecule has 1 heterocycles. The Labute approximate surface area is 114 Å². The SMILES string of the molecule is Cc1ccc(CCC(=O)Nc2n[nH]c(=S)s2)cc1. The van der Waals surface area contributed by atoms with E-state index in [9.17, 15) is 4.79 Å². The summed E-state index contributed by atoms with van der Waals surface area (Å²) in [5.74, 6) is -0.0478. The fourth-order valence-electron chi connectivity index (χ4n) is 1.48. The second kappa shape index (κ2) is 5.88. The van der Waals surface area contributed by atoms with Crippen LogP contribution in [0.4, 0.5) is 5.13 Å². The number of amides is 1. The van der Waals surface area contributed by atoms with E-state index >= 15 is 0 Å². The largest absolute Gasteiger partial charge is 0.301 e. The molecule has 1 aromatic carbocycles. The van der Waals surface area contributed by atoms with Crippen LogP contribution < -0.4 is 5.32 Å². The summed E-state index contributed by atoms with van der Waals surface area (Å²) in [5.41, 5.74) is 2.38. The molecule has 0 aliphatic heterocycles. The van der Waals surface area contributed by atoms with Crippen molar-refractivity contribution in [3.63, 3.8) is 0 Å². The van der Waals surface area contributed by atoms with Crippen LogP contribution in [-0.4, -0.2) is 16.1 Å². The van der Waals surface area contributed by atoms with Gasteiger partial charge in [0.05, 0.1) is 0 Å². The number of anilines is 1. The van der Waals surface area contributed by atoms with E-state index in [1.165, 1.54) is 16.9 Å². The molecule has 0 saturated heterocycles. The fourth-order valence-corrected chi connectivity index (χ4v) is 2.28. The molecule has 0 aliphatic rings. The summed E-state index contributed by atoms with van der Waals surface area (Å²) in [4.78, 5) is 11.7. The van der Waals surface area contributed by atoms with Gasteiger partial charge in [-0.3, -0.25) is 9.89 Å². The zero-order chi connectivity index (χ0) is 13.0. The van der Waals surface area contributed by atoms with Gasteiger partial charge in [0.2, 0.25) is 11.0 Å². The summed E-state index contributed by atoms with van der Waals surface area (Å²) < 4.78 is 0.559. The lowest BCUT2D eigenvalue weighted by atomic mass is 10.1. The van der Waals surface area contributed by atoms with Crippen molar-refractivity contribution in [2.24, 2.45) is 0 Å². The first-order valence-corrected chi connectivity index (χ1v) is 6.77. The van der Waals surface area contributed by atoms with Crippen LogP contribution >= 0.6 is 23.6 Å². The Morgan fingerprint density at radius 2 is 2.17 bits per heavy atom. The first-order valence-electron chi connectivity index (χ1n) is 5.54. The molecule has 2 aromatic rings. The van der Waals surface area contributed by atoms with Gasteiger partial charge in [-0.25, -0.2) is 0 Å². The Hall–Kier alpha value is -1.53. The maximum absolute atomic E-state index is 11.7. The van der Waals surface area contributed by atoms with Gasteiger partial charge < -0.3 is 5.32 Å². The summed E-state index contributed by atoms with van der Waals surface area (Å²) >= 11 is 6.14. The highest BCUT2D eigenvalue weighted by Gasteiger charge is 2.05. The second-order valence-corrected chi connectivity index (χ2v) is 5.62. The summed E-state index contributed by atoms with van der Waals surface area (Å²) in [6.45, 7) is 2.04. The number of hydrogen-bond acceptors (Lipinski definition) is 4. The van der Waals surface area contributed by atoms with Gasteiger partial charge in [0.15, 0.2) is 3.95 Å². The number of aryl methyl sites for hydroxylation is 2. The van der Waals surface area contributed by atoms with Gasteiger partial charge in [-0.2, -0.15) is 0 Å². The van der Waals surface area contributed by atoms with Gasteiger partial charge in [0, 0.05) is 6.42 Å². The molecule has 0 radical (unpaired) electrons. The van der Waals surface area contributed by atoms with Crippen LogP contribution in [0.5, 0.6) is 0 Å². The highest BCUT2D eigenvalue weighted by molar-refractivity contribution is 7.73. The number of H-pyrrole nitrogens is 1. The maximum Gasteiger partial charge on any atom is 0.226 e. The molecule has 18 heavy (non-hydrogen) atoms. The van der Waals surface area contributed by atoms with Crippen LogP contribution in [0.2, 0.25) is 0 Å². The molecule has 0 spiro atoms. The van der Waals surface area contributed by atoms with E-state index < -0.39 is 0 Å². The Balaban J connectivity index is 1.85. The zero-order valence-electron chi connectivity index (χ0n) is 9.90. The average Bonchev–Trinajstić information content (AvgIpc) is 2.74. The van der Waals surface area contributed by atoms with Crippen LogP contribution in [0.3, 0.4) is 0 Å². The number of benzene rings is 1. The third-order valence-electron chi connectivity index (χ3n) is 2.45. The van der Waals surface area contributed by atoms with Crippen LogP contribution in [0.15, 0.2) is 24.3 Å². The quantitative estimate of drug-likeness (QED) is 0.846. The molecule has 1 aromatic heterocycles. The van der Waals surface area contributed by atoms with E-state index in [1.807, 2.05) is 31.2 Å². The molecule has 0 aliphatic carbocycles. The fraction of sp³-hybridized carbons (Fsp3) is 0.250. The van der Waals surface area contributed by atoms with Gasteiger partial charge in [0.1, 0.15) is 0 Å². The maximum atomic E-state index is 11.7. The van der Waals surface area contributed by atoms with E-state index in [-0.39, 0.29) is 5.91 Å². The normalized spacial score (nSPS) is 10.3. The van der Waals surface area contributed by atoms with Crippen molar-refractivity contribution < 1.29 is 4.79 Å². The molecule has 94 valence electrons. The summed E-state index contributed by atoms with van der Waals surface area (Å²) in [6, 6.07) is 8.18. The van der Waals surface area contributed by atoms with Gasteiger partial charge in [-0.05, 0) is 31.1 Å². The molecule has 6 heteroatoms. The van der Waals surface area contributed by atoms with Crippen LogP contribution in [0.25, 0.3) is 0 Å². The first kappa shape index (κ1) is 12.9. The molecule has 0 unspecified atom stereocenters. The predicted octanol–water partition coefficient (Wildman–Crippen LogP) is 3.08. The van der Waals surface area contributed by atoms with Gasteiger partial charge in [0.25, 0.3) is 0 Å². The third kappa shape index (κ3) is 3.75. The first-order chi connectivity index (χ1) is 8.63. The lowest BCUT2D eigenvalue weighted by molar-refractivity contribution is -0.116. The van der Waals surface area contributed by atoms with Crippen molar-refractivity contribution in [1.82, 2.24) is 10.2 Å². The minimum atomic E-state index is -0.0478. The van der Waals surface area contributed by atoms with Crippen molar-refractivity contribution in [2.75, 3.05) is 5.32 Å². The topological polar surface area (TPSA) is 57.8 Å². The molecule has 0 bridgehead atoms. The number of hydrogen-bond donors (Lipinski definition) is 2. The van der Waals surface area contributed by atoms with Crippen molar-refractivity contribution in [3.8, 4) is 0 Å². The standard InChI is InChI=1S/C12H13N3OS2/c1-8-2-4-9(5-3-8)6-7-10(16)13-11-14-15-12(17)18-11/h2-5H,6-7H2,1H3,(H,15,17)(H,13,14,16). The highest BCUT2D eigenvalue weighted by atomic mass is 32.1. The molecule has 0 atom stereocenters. The number of aromatic amines is 1. The third-order valence-corrected chi connectivity index (χ3v) is 3.45. The van der Waals surface area contributed by atoms with E-state index in [4.69, 9.17) is 12.2 Å². The second-order valence-electron chi connectivity index (χ2n) is 3.95. The number of carbonyl (C=O) groups is 1. The number of rotatable bonds is 4. The monoisotopic (exact) mass is 279 g/mol. The smallest absolute Gasteiger partial charge is 0.226 e. The van der Waals surface area contributed by atoms with E-state index in [0.717, 1.165) is 12.0 Å². The summed E-state index contributed by atoms with van der Waals surface area (Å²) in [6.07, 6.45) is 1.16. The zero-order valence-corrected chi connectivity index (χ0v) is 11.5. The van der Waals surface area contributed by atoms with Gasteiger partial charge >= 0.3 is 0 Å². The van der Waals surface area contributed by atoms with Crippen molar-refractivity contribution >= 4 is 34.6 Å². The molecular formula is C12H13N3OS2. The Morgan fingerprint density at radius 1 is 1.44 bits per heavy atom. The lowest BCUT2D eigenvalue weighted by Crippen LogP contribution is -2.12. The minimum Gasteiger partial charge on any atom is -0.301 e. The molecule has 0 saturated carbocycles. The Bertz CT molecular complexity index is 586. The minimum absolute atomic E-state index is 0.0478. The number of nitrogens with one attached hydrogen (secondary N) is 2. The Kier molecular flexibility index (Phi) is 4.22. The number of nitrogens with zero attached hydrogens (tertiary/aromatic N) is 1. The number of carbonyl (C=O) groups excluding carboxylic acids is 1. The molecule has 4 nitrogen and oxygen atoms in total. The van der Waals surface area contributed by atoms with Gasteiger partial charge in [-0.15, -0.1) is 5.10 Å². The summed E-state index contributed by atoms with van der Waals surface area (Å²) in [5, 5.41) is 9.74. The molecular weight excluding hydrogens is 266 g/mol. The highest BCUT2D eigenvalue weighted by Crippen LogP contribution is 2.12. The number of aromatic nitrogens is 2. The van der Waals surface area contributed by atoms with E-state index in [0.29, 0.717) is 15.5 Å². The molecule has 1 amide bonds.